The minimum atomic E-state index is -0.470. The zero-order chi connectivity index (χ0) is 36.2. The number of nitrogens with zero attached hydrogens (tertiary/aromatic N) is 5. The highest BCUT2D eigenvalue weighted by atomic mass is 35.5. The first kappa shape index (κ1) is 35.8. The maximum absolute atomic E-state index is 13.3. The molecule has 0 amide bonds. The number of aromatic nitrogens is 4. The fourth-order valence-corrected chi connectivity index (χ4v) is 8.12. The molecular weight excluding hydrogens is 696 g/mol. The van der Waals surface area contributed by atoms with Crippen molar-refractivity contribution in [3.63, 3.8) is 0 Å². The first-order chi connectivity index (χ1) is 25.3. The van der Waals surface area contributed by atoms with Gasteiger partial charge in [0.25, 0.3) is 0 Å². The van der Waals surface area contributed by atoms with Gasteiger partial charge in [-0.25, -0.2) is 4.98 Å². The van der Waals surface area contributed by atoms with Crippen LogP contribution in [0.5, 0.6) is 0 Å². The van der Waals surface area contributed by atoms with Crippen LogP contribution in [0, 0.1) is 20.8 Å². The van der Waals surface area contributed by atoms with Gasteiger partial charge in [0.15, 0.2) is 5.82 Å². The van der Waals surface area contributed by atoms with Crippen molar-refractivity contribution in [2.45, 2.75) is 58.9 Å². The third-order valence-electron chi connectivity index (χ3n) is 9.53. The Balaban J connectivity index is 0.869. The van der Waals surface area contributed by atoms with Crippen LogP contribution in [0.3, 0.4) is 0 Å². The van der Waals surface area contributed by atoms with Crippen LogP contribution in [0.4, 0.5) is 5.82 Å². The Labute approximate surface area is 312 Å². The van der Waals surface area contributed by atoms with E-state index in [2.05, 4.69) is 51.0 Å². The van der Waals surface area contributed by atoms with Crippen LogP contribution in [-0.2, 0) is 31.9 Å². The number of carbonyl (C=O) groups excluding carboxylic acids is 2. The lowest BCUT2D eigenvalue weighted by Crippen LogP contribution is -2.14. The van der Waals surface area contributed by atoms with E-state index in [0.717, 1.165) is 61.3 Å². The Morgan fingerprint density at radius 3 is 2.56 bits per heavy atom. The number of aliphatic imine (C=N–C) groups is 1. The first-order valence-electron chi connectivity index (χ1n) is 17.6. The summed E-state index contributed by atoms with van der Waals surface area (Å²) in [5, 5.41) is 14.0. The molecule has 1 aliphatic heterocycles. The monoisotopic (exact) mass is 736 g/mol. The summed E-state index contributed by atoms with van der Waals surface area (Å²) in [5.41, 5.74) is 8.25. The number of carbonyl (C=O) groups is 2. The zero-order valence-electron chi connectivity index (χ0n) is 29.6. The van der Waals surface area contributed by atoms with Crippen LogP contribution in [-0.4, -0.2) is 70.0 Å². The lowest BCUT2D eigenvalue weighted by atomic mass is 9.99. The summed E-state index contributed by atoms with van der Waals surface area (Å²) < 4.78 is 13.6. The van der Waals surface area contributed by atoms with Gasteiger partial charge in [-0.15, -0.1) is 21.5 Å². The summed E-state index contributed by atoms with van der Waals surface area (Å²) in [6, 6.07) is 17.4. The number of ketones is 2. The highest BCUT2D eigenvalue weighted by molar-refractivity contribution is 7.15. The summed E-state index contributed by atoms with van der Waals surface area (Å²) in [5.74, 6) is 2.60. The van der Waals surface area contributed by atoms with Crippen LogP contribution in [0.15, 0.2) is 65.8 Å². The van der Waals surface area contributed by atoms with Crippen LogP contribution < -0.4 is 5.32 Å². The molecule has 0 radical (unpaired) electrons. The number of Topliss-reactive ketones (excluding diaryl/α,β-unsaturated/α-hetero) is 2. The van der Waals surface area contributed by atoms with Crippen LogP contribution in [0.1, 0.15) is 69.6 Å². The van der Waals surface area contributed by atoms with E-state index in [4.69, 9.17) is 26.1 Å². The molecule has 12 heteroatoms. The predicted molar refractivity (Wildman–Crippen MR) is 204 cm³/mol. The normalized spacial score (nSPS) is 14.8. The second-order valence-corrected chi connectivity index (χ2v) is 14.8. The standard InChI is InChI=1S/C40H41ClN6O4S/c1-24-25(2)52-40-36(24)37(27-10-12-31(41)13-11-27)44-35(39-46-45-26(3)47(39)40)23-32(48)6-5-16-50-18-19-51-17-15-43-38-34(7-4-14-42-38)29-9-8-28-21-33(49)22-30(28)20-29/h4,7-14,20,35H,5-6,15-19,21-23H2,1-3H3,(H,42,43)/t35-/m0/s1. The quantitative estimate of drug-likeness (QED) is 0.110. The summed E-state index contributed by atoms with van der Waals surface area (Å²) in [7, 11) is 0. The molecule has 0 saturated heterocycles. The Morgan fingerprint density at radius 2 is 1.73 bits per heavy atom. The number of fused-ring (bicyclic) bond motifs is 4. The molecule has 0 saturated carbocycles. The van der Waals surface area contributed by atoms with Gasteiger partial charge in [-0.3, -0.25) is 19.1 Å². The molecule has 0 bridgehead atoms. The molecule has 1 aliphatic carbocycles. The fourth-order valence-electron chi connectivity index (χ4n) is 6.78. The number of rotatable bonds is 15. The molecular formula is C40H41ClN6O4S. The molecule has 0 spiro atoms. The molecule has 2 aliphatic rings. The number of halogens is 1. The minimum Gasteiger partial charge on any atom is -0.379 e. The molecule has 3 aromatic heterocycles. The van der Waals surface area contributed by atoms with Crippen molar-refractivity contribution in [1.82, 2.24) is 19.7 Å². The Hall–Kier alpha value is -4.55. The van der Waals surface area contributed by atoms with Gasteiger partial charge < -0.3 is 14.8 Å². The molecule has 0 unspecified atom stereocenters. The molecule has 5 aromatic rings. The number of hydrogen-bond donors (Lipinski definition) is 1. The maximum Gasteiger partial charge on any atom is 0.163 e. The van der Waals surface area contributed by atoms with Crippen molar-refractivity contribution in [1.29, 1.82) is 0 Å². The van der Waals surface area contributed by atoms with Gasteiger partial charge in [0.2, 0.25) is 0 Å². The smallest absolute Gasteiger partial charge is 0.163 e. The van der Waals surface area contributed by atoms with Crippen molar-refractivity contribution in [3.8, 4) is 16.1 Å². The lowest BCUT2D eigenvalue weighted by molar-refractivity contribution is -0.120. The molecule has 52 heavy (non-hydrogen) atoms. The number of ether oxygens (including phenoxy) is 2. The van der Waals surface area contributed by atoms with E-state index in [0.29, 0.717) is 69.5 Å². The van der Waals surface area contributed by atoms with Crippen molar-refractivity contribution >= 4 is 46.0 Å². The fraction of sp³-hybridized carbons (Fsp3) is 0.350. The molecule has 0 fully saturated rings. The SMILES string of the molecule is Cc1sc2c(c1C)C(c1ccc(Cl)cc1)=N[C@@H](CC(=O)CCCOCCOCCNc1ncccc1-c1ccc3c(c1)CC(=O)C3)c1nnc(C)n1-2. The highest BCUT2D eigenvalue weighted by Crippen LogP contribution is 2.40. The third kappa shape index (κ3) is 7.78. The number of thiophene rings is 1. The van der Waals surface area contributed by atoms with E-state index in [1.54, 1.807) is 17.5 Å². The number of pyridine rings is 1. The summed E-state index contributed by atoms with van der Waals surface area (Å²) in [6.07, 6.45) is 4.01. The summed E-state index contributed by atoms with van der Waals surface area (Å²) in [6.45, 7) is 8.60. The number of aryl methyl sites for hydroxylation is 2. The Kier molecular flexibility index (Phi) is 11.0. The van der Waals surface area contributed by atoms with Crippen molar-refractivity contribution in [3.05, 3.63) is 110 Å². The van der Waals surface area contributed by atoms with E-state index < -0.39 is 6.04 Å². The van der Waals surface area contributed by atoms with Crippen molar-refractivity contribution in [2.75, 3.05) is 38.3 Å². The molecule has 2 aromatic carbocycles. The number of benzene rings is 2. The topological polar surface area (TPSA) is 121 Å². The first-order valence-corrected chi connectivity index (χ1v) is 18.8. The molecule has 268 valence electrons. The minimum absolute atomic E-state index is 0.0998. The van der Waals surface area contributed by atoms with Gasteiger partial charge >= 0.3 is 0 Å². The summed E-state index contributed by atoms with van der Waals surface area (Å²) >= 11 is 7.92. The Bertz CT molecular complexity index is 2140. The van der Waals surface area contributed by atoms with Gasteiger partial charge in [-0.2, -0.15) is 0 Å². The van der Waals surface area contributed by atoms with E-state index >= 15 is 0 Å². The van der Waals surface area contributed by atoms with Gasteiger partial charge in [0.05, 0.1) is 25.5 Å². The van der Waals surface area contributed by atoms with Crippen molar-refractivity contribution in [2.24, 2.45) is 4.99 Å². The molecule has 7 rings (SSSR count). The zero-order valence-corrected chi connectivity index (χ0v) is 31.1. The number of hydrogen-bond acceptors (Lipinski definition) is 10. The highest BCUT2D eigenvalue weighted by Gasteiger charge is 2.32. The second kappa shape index (κ2) is 16.0. The van der Waals surface area contributed by atoms with Crippen LogP contribution >= 0.6 is 22.9 Å². The number of anilines is 1. The summed E-state index contributed by atoms with van der Waals surface area (Å²) in [4.78, 5) is 36.1. The predicted octanol–water partition coefficient (Wildman–Crippen LogP) is 7.41. The number of nitrogens with one attached hydrogen (secondary N) is 1. The van der Waals surface area contributed by atoms with Gasteiger partial charge in [-0.1, -0.05) is 41.9 Å². The van der Waals surface area contributed by atoms with Crippen LogP contribution in [0.2, 0.25) is 5.02 Å². The lowest BCUT2D eigenvalue weighted by Gasteiger charge is -2.13. The van der Waals surface area contributed by atoms with E-state index in [1.807, 2.05) is 49.4 Å². The molecule has 10 nitrogen and oxygen atoms in total. The van der Waals surface area contributed by atoms with Gasteiger partial charge in [-0.05, 0) is 73.7 Å². The van der Waals surface area contributed by atoms with E-state index in [9.17, 15) is 9.59 Å². The van der Waals surface area contributed by atoms with E-state index in [1.165, 1.54) is 4.88 Å². The molecule has 1 N–H and O–H groups in total. The average molecular weight is 737 g/mol. The molecule has 1 atom stereocenters. The van der Waals surface area contributed by atoms with E-state index in [-0.39, 0.29) is 18.0 Å². The van der Waals surface area contributed by atoms with Gasteiger partial charge in [0.1, 0.15) is 34.3 Å². The maximum atomic E-state index is 13.3. The molecule has 4 heterocycles. The largest absolute Gasteiger partial charge is 0.379 e. The average Bonchev–Trinajstić information content (AvgIpc) is 3.77. The Morgan fingerprint density at radius 1 is 0.962 bits per heavy atom. The third-order valence-corrected chi connectivity index (χ3v) is 11.0. The van der Waals surface area contributed by atoms with Crippen molar-refractivity contribution < 1.29 is 19.1 Å². The van der Waals surface area contributed by atoms with Crippen LogP contribution in [0.25, 0.3) is 16.1 Å². The van der Waals surface area contributed by atoms with Gasteiger partial charge in [0, 0.05) is 71.6 Å². The second-order valence-electron chi connectivity index (χ2n) is 13.2.